The maximum atomic E-state index is 10.7. The Morgan fingerprint density at radius 1 is 1.38 bits per heavy atom. The Kier molecular flexibility index (Phi) is 2.14. The van der Waals surface area contributed by atoms with Gasteiger partial charge in [0.2, 0.25) is 12.2 Å². The monoisotopic (exact) mass is 179 g/mol. The minimum Gasteiger partial charge on any atom is -0.462 e. The van der Waals surface area contributed by atoms with E-state index in [0.29, 0.717) is 5.75 Å². The van der Waals surface area contributed by atoms with Crippen LogP contribution in [-0.4, -0.2) is 12.2 Å². The molecule has 0 spiro atoms. The lowest BCUT2D eigenvalue weighted by atomic mass is 10.3. The van der Waals surface area contributed by atoms with E-state index in [1.807, 2.05) is 30.3 Å². The van der Waals surface area contributed by atoms with Crippen LogP contribution >= 0.6 is 0 Å². The zero-order valence-electron chi connectivity index (χ0n) is 6.90. The highest BCUT2D eigenvalue weighted by molar-refractivity contribution is 5.76. The smallest absolute Gasteiger partial charge is 0.250 e. The van der Waals surface area contributed by atoms with Crippen molar-refractivity contribution in [1.29, 1.82) is 0 Å². The van der Waals surface area contributed by atoms with Crippen LogP contribution in [-0.2, 0) is 9.63 Å². The molecule has 1 atom stereocenters. The van der Waals surface area contributed by atoms with Gasteiger partial charge < -0.3 is 4.74 Å². The average molecular weight is 179 g/mol. The minimum atomic E-state index is -0.505. The maximum absolute atomic E-state index is 10.7. The lowest BCUT2D eigenvalue weighted by Crippen LogP contribution is -2.16. The van der Waals surface area contributed by atoms with Crippen molar-refractivity contribution in [3.63, 3.8) is 0 Å². The highest BCUT2D eigenvalue weighted by atomic mass is 16.8. The van der Waals surface area contributed by atoms with E-state index in [9.17, 15) is 4.79 Å². The Morgan fingerprint density at radius 2 is 2.15 bits per heavy atom. The summed E-state index contributed by atoms with van der Waals surface area (Å²) in [6.07, 6.45) is -0.260. The van der Waals surface area contributed by atoms with Crippen LogP contribution in [0.1, 0.15) is 6.42 Å². The molecule has 0 aromatic heterocycles. The molecule has 1 fully saturated rings. The summed E-state index contributed by atoms with van der Waals surface area (Å²) in [6, 6.07) is 9.24. The van der Waals surface area contributed by atoms with Gasteiger partial charge in [-0.1, -0.05) is 18.2 Å². The molecule has 68 valence electrons. The number of ether oxygens (including phenoxy) is 1. The molecule has 1 aliphatic heterocycles. The van der Waals surface area contributed by atoms with Crippen molar-refractivity contribution < 1.29 is 14.4 Å². The fraction of sp³-hybridized carbons (Fsp3) is 0.222. The van der Waals surface area contributed by atoms with Gasteiger partial charge >= 0.3 is 0 Å². The van der Waals surface area contributed by atoms with E-state index >= 15 is 0 Å². The molecule has 1 saturated heterocycles. The first-order chi connectivity index (χ1) is 6.34. The summed E-state index contributed by atoms with van der Waals surface area (Å²) in [5.41, 5.74) is 2.23. The Hall–Kier alpha value is -1.55. The summed E-state index contributed by atoms with van der Waals surface area (Å²) in [7, 11) is 0. The molecule has 4 heteroatoms. The van der Waals surface area contributed by atoms with Crippen molar-refractivity contribution >= 4 is 5.91 Å². The van der Waals surface area contributed by atoms with Crippen LogP contribution in [0.3, 0.4) is 0 Å². The zero-order chi connectivity index (χ0) is 9.10. The van der Waals surface area contributed by atoms with Gasteiger partial charge in [0.15, 0.2) is 0 Å². The van der Waals surface area contributed by atoms with Gasteiger partial charge in [-0.05, 0) is 12.1 Å². The summed E-state index contributed by atoms with van der Waals surface area (Å²) < 4.78 is 5.34. The van der Waals surface area contributed by atoms with Crippen LogP contribution in [0.25, 0.3) is 0 Å². The molecule has 0 saturated carbocycles. The zero-order valence-corrected chi connectivity index (χ0v) is 6.90. The van der Waals surface area contributed by atoms with Crippen LogP contribution in [0.15, 0.2) is 30.3 Å². The molecule has 13 heavy (non-hydrogen) atoms. The SMILES string of the molecule is O=C1CC(Oc2ccccc2)ON1. The van der Waals surface area contributed by atoms with Crippen molar-refractivity contribution in [1.82, 2.24) is 5.48 Å². The number of carbonyl (C=O) groups excluding carboxylic acids is 1. The third-order valence-corrected chi connectivity index (χ3v) is 1.67. The molecule has 1 N–H and O–H groups in total. The molecule has 1 aromatic carbocycles. The van der Waals surface area contributed by atoms with Gasteiger partial charge in [-0.15, -0.1) is 0 Å². The maximum Gasteiger partial charge on any atom is 0.250 e. The number of rotatable bonds is 2. The van der Waals surface area contributed by atoms with Gasteiger partial charge in [-0.25, -0.2) is 10.3 Å². The highest BCUT2D eigenvalue weighted by Gasteiger charge is 2.24. The van der Waals surface area contributed by atoms with Gasteiger partial charge in [-0.2, -0.15) is 0 Å². The molecule has 0 aliphatic carbocycles. The van der Waals surface area contributed by atoms with Gasteiger partial charge in [0, 0.05) is 0 Å². The van der Waals surface area contributed by atoms with Gasteiger partial charge in [0.05, 0.1) is 6.42 Å². The molecule has 1 amide bonds. The van der Waals surface area contributed by atoms with E-state index in [2.05, 4.69) is 5.48 Å². The highest BCUT2D eigenvalue weighted by Crippen LogP contribution is 2.14. The summed E-state index contributed by atoms with van der Waals surface area (Å²) in [6.45, 7) is 0. The predicted octanol–water partition coefficient (Wildman–Crippen LogP) is 0.843. The Balaban J connectivity index is 1.96. The summed E-state index contributed by atoms with van der Waals surface area (Å²) >= 11 is 0. The van der Waals surface area contributed by atoms with E-state index in [0.717, 1.165) is 0 Å². The van der Waals surface area contributed by atoms with Crippen LogP contribution in [0.4, 0.5) is 0 Å². The van der Waals surface area contributed by atoms with Crippen LogP contribution < -0.4 is 10.2 Å². The largest absolute Gasteiger partial charge is 0.462 e. The third-order valence-electron chi connectivity index (χ3n) is 1.67. The Labute approximate surface area is 75.4 Å². The van der Waals surface area contributed by atoms with Crippen molar-refractivity contribution in [2.45, 2.75) is 12.7 Å². The first-order valence-electron chi connectivity index (χ1n) is 4.01. The number of carbonyl (C=O) groups is 1. The van der Waals surface area contributed by atoms with Gasteiger partial charge in [0.1, 0.15) is 5.75 Å². The topological polar surface area (TPSA) is 47.6 Å². The predicted molar refractivity (Wildman–Crippen MR) is 44.7 cm³/mol. The second kappa shape index (κ2) is 3.45. The number of hydrogen-bond donors (Lipinski definition) is 1. The van der Waals surface area contributed by atoms with E-state index in [1.165, 1.54) is 0 Å². The van der Waals surface area contributed by atoms with Gasteiger partial charge in [0.25, 0.3) is 0 Å². The number of hydrogen-bond acceptors (Lipinski definition) is 3. The van der Waals surface area contributed by atoms with Crippen molar-refractivity contribution in [2.75, 3.05) is 0 Å². The quantitative estimate of drug-likeness (QED) is 0.731. The van der Waals surface area contributed by atoms with Crippen LogP contribution in [0, 0.1) is 0 Å². The number of para-hydroxylation sites is 1. The second-order valence-electron chi connectivity index (χ2n) is 2.71. The first-order valence-corrected chi connectivity index (χ1v) is 4.01. The van der Waals surface area contributed by atoms with E-state index in [1.54, 1.807) is 0 Å². The fourth-order valence-electron chi connectivity index (χ4n) is 1.08. The molecule has 4 nitrogen and oxygen atoms in total. The molecule has 2 rings (SSSR count). The standard InChI is InChI=1S/C9H9NO3/c11-8-6-9(13-10-8)12-7-4-2-1-3-5-7/h1-5,9H,6H2,(H,10,11). The normalized spacial score (nSPS) is 21.2. The van der Waals surface area contributed by atoms with Crippen molar-refractivity contribution in [3.05, 3.63) is 30.3 Å². The molecular weight excluding hydrogens is 170 g/mol. The third kappa shape index (κ3) is 1.97. The molecule has 0 radical (unpaired) electrons. The lowest BCUT2D eigenvalue weighted by molar-refractivity contribution is -0.127. The summed E-state index contributed by atoms with van der Waals surface area (Å²) in [5.74, 6) is 0.546. The van der Waals surface area contributed by atoms with E-state index < -0.39 is 6.29 Å². The number of nitrogens with one attached hydrogen (secondary N) is 1. The first kappa shape index (κ1) is 8.07. The molecular formula is C9H9NO3. The second-order valence-corrected chi connectivity index (χ2v) is 2.71. The molecule has 0 bridgehead atoms. The van der Waals surface area contributed by atoms with Crippen LogP contribution in [0.2, 0.25) is 0 Å². The van der Waals surface area contributed by atoms with Crippen molar-refractivity contribution in [2.24, 2.45) is 0 Å². The summed E-state index contributed by atoms with van der Waals surface area (Å²) in [4.78, 5) is 15.6. The molecule has 1 aromatic rings. The molecule has 1 heterocycles. The van der Waals surface area contributed by atoms with Gasteiger partial charge in [-0.3, -0.25) is 4.79 Å². The molecule has 1 unspecified atom stereocenters. The number of amides is 1. The van der Waals surface area contributed by atoms with E-state index in [-0.39, 0.29) is 12.3 Å². The number of hydroxylamine groups is 1. The fourth-order valence-corrected chi connectivity index (χ4v) is 1.08. The Morgan fingerprint density at radius 3 is 2.77 bits per heavy atom. The van der Waals surface area contributed by atoms with Crippen molar-refractivity contribution in [3.8, 4) is 5.75 Å². The number of benzene rings is 1. The Bertz CT molecular complexity index is 299. The minimum absolute atomic E-state index is 0.152. The van der Waals surface area contributed by atoms with Crippen LogP contribution in [0.5, 0.6) is 5.75 Å². The van der Waals surface area contributed by atoms with E-state index in [4.69, 9.17) is 9.57 Å². The lowest BCUT2D eigenvalue weighted by Gasteiger charge is -2.09. The molecule has 1 aliphatic rings. The summed E-state index contributed by atoms with van der Waals surface area (Å²) in [5, 5.41) is 0. The average Bonchev–Trinajstić information content (AvgIpc) is 2.53.